The number of hydrogen-bond acceptors (Lipinski definition) is 5. The average Bonchev–Trinajstić information content (AvgIpc) is 2.56. The molecule has 144 valence electrons. The smallest absolute Gasteiger partial charge is 0.173 e. The Morgan fingerprint density at radius 3 is 2.58 bits per heavy atom. The molecule has 1 aromatic carbocycles. The second kappa shape index (κ2) is 6.15. The molecule has 1 aliphatic carbocycles. The Kier molecular flexibility index (Phi) is 4.50. The van der Waals surface area contributed by atoms with E-state index in [1.807, 2.05) is 34.6 Å². The highest BCUT2D eigenvalue weighted by Gasteiger charge is 2.55. The van der Waals surface area contributed by atoms with Gasteiger partial charge in [-0.3, -0.25) is 4.79 Å². The summed E-state index contributed by atoms with van der Waals surface area (Å²) in [5, 5.41) is 31.3. The summed E-state index contributed by atoms with van der Waals surface area (Å²) in [7, 11) is 0. The van der Waals surface area contributed by atoms with E-state index in [1.165, 1.54) is 6.07 Å². The number of hydrogen-bond donors (Lipinski definition) is 3. The molecule has 0 spiro atoms. The van der Waals surface area contributed by atoms with E-state index in [0.717, 1.165) is 0 Å². The van der Waals surface area contributed by atoms with E-state index in [9.17, 15) is 20.1 Å². The summed E-state index contributed by atoms with van der Waals surface area (Å²) in [6, 6.07) is 1.24. The van der Waals surface area contributed by atoms with Crippen molar-refractivity contribution in [2.75, 3.05) is 0 Å². The lowest BCUT2D eigenvalue weighted by molar-refractivity contribution is -0.138. The third-order valence-corrected chi connectivity index (χ3v) is 6.80. The van der Waals surface area contributed by atoms with Crippen molar-refractivity contribution in [3.05, 3.63) is 17.2 Å². The van der Waals surface area contributed by atoms with E-state index < -0.39 is 11.7 Å². The first-order chi connectivity index (χ1) is 12.0. The van der Waals surface area contributed by atoms with E-state index in [-0.39, 0.29) is 40.1 Å². The summed E-state index contributed by atoms with van der Waals surface area (Å²) in [6.07, 6.45) is 2.01. The number of ketones is 1. The largest absolute Gasteiger partial charge is 0.507 e. The number of carbonyl (C=O) groups is 1. The number of carbonyl (C=O) groups excluding carboxylic acids is 1. The van der Waals surface area contributed by atoms with E-state index in [2.05, 4.69) is 0 Å². The maximum atomic E-state index is 12.9. The Labute approximate surface area is 155 Å². The van der Waals surface area contributed by atoms with Crippen LogP contribution < -0.4 is 4.74 Å². The minimum absolute atomic E-state index is 0.00626. The van der Waals surface area contributed by atoms with E-state index in [1.54, 1.807) is 0 Å². The Hall–Kier alpha value is -1.75. The molecule has 0 amide bonds. The number of fused-ring (bicyclic) bond motifs is 2. The Balaban J connectivity index is 2.16. The number of aromatic hydroxyl groups is 2. The van der Waals surface area contributed by atoms with Crippen LogP contribution in [0.2, 0.25) is 0 Å². The van der Waals surface area contributed by atoms with Crippen LogP contribution in [0, 0.1) is 17.3 Å². The molecule has 0 unspecified atom stereocenters. The normalized spacial score (nSPS) is 30.7. The highest BCUT2D eigenvalue weighted by Crippen LogP contribution is 2.56. The lowest BCUT2D eigenvalue weighted by Gasteiger charge is -2.55. The molecule has 1 aromatic rings. The summed E-state index contributed by atoms with van der Waals surface area (Å²) >= 11 is 0. The van der Waals surface area contributed by atoms with Gasteiger partial charge in [-0.05, 0) is 38.0 Å². The van der Waals surface area contributed by atoms with Gasteiger partial charge in [0.05, 0.1) is 6.10 Å². The number of phenols is 2. The van der Waals surface area contributed by atoms with E-state index in [0.29, 0.717) is 37.0 Å². The van der Waals surface area contributed by atoms with Gasteiger partial charge in [-0.2, -0.15) is 0 Å². The number of phenolic OH excluding ortho intramolecular Hbond substituents is 2. The van der Waals surface area contributed by atoms with Crippen molar-refractivity contribution in [2.45, 2.75) is 72.0 Å². The van der Waals surface area contributed by atoms with Crippen molar-refractivity contribution >= 4 is 5.78 Å². The second-order valence-corrected chi connectivity index (χ2v) is 8.82. The zero-order valence-electron chi connectivity index (χ0n) is 16.3. The van der Waals surface area contributed by atoms with Gasteiger partial charge in [0.25, 0.3) is 0 Å². The number of ether oxygens (including phenoxy) is 1. The highest BCUT2D eigenvalue weighted by molar-refractivity contribution is 6.03. The number of aliphatic hydroxyl groups is 1. The Bertz CT molecular complexity index is 738. The first-order valence-corrected chi connectivity index (χ1v) is 9.52. The van der Waals surface area contributed by atoms with Gasteiger partial charge in [0.2, 0.25) is 0 Å². The fourth-order valence-electron chi connectivity index (χ4n) is 4.68. The number of aliphatic hydroxyl groups excluding tert-OH is 1. The summed E-state index contributed by atoms with van der Waals surface area (Å²) < 4.78 is 6.36. The molecule has 2 aliphatic rings. The van der Waals surface area contributed by atoms with Crippen LogP contribution in [-0.4, -0.2) is 32.8 Å². The molecular weight excluding hydrogens is 332 g/mol. The quantitative estimate of drug-likeness (QED) is 0.712. The molecule has 0 bridgehead atoms. The van der Waals surface area contributed by atoms with E-state index in [4.69, 9.17) is 4.74 Å². The van der Waals surface area contributed by atoms with Gasteiger partial charge < -0.3 is 20.1 Å². The standard InChI is InChI=1S/C21H30O5/c1-6-11(2)18(25)17-14(23)10-13(22)12-9-15-20(3,4)16(24)7-8-21(15,5)26-19(12)17/h10-11,15-16,22-24H,6-9H2,1-5H3/t11-,15+,16+,21+/m1/s1. The summed E-state index contributed by atoms with van der Waals surface area (Å²) in [5.41, 5.74) is -0.203. The second-order valence-electron chi connectivity index (χ2n) is 8.82. The molecule has 1 heterocycles. The third-order valence-electron chi connectivity index (χ3n) is 6.80. The van der Waals surface area contributed by atoms with Crippen LogP contribution in [0.1, 0.15) is 69.8 Å². The first-order valence-electron chi connectivity index (χ1n) is 9.52. The van der Waals surface area contributed by atoms with Crippen LogP contribution in [0.15, 0.2) is 6.07 Å². The maximum Gasteiger partial charge on any atom is 0.173 e. The van der Waals surface area contributed by atoms with Crippen LogP contribution >= 0.6 is 0 Å². The molecule has 3 rings (SSSR count). The van der Waals surface area contributed by atoms with Gasteiger partial charge in [0.15, 0.2) is 5.78 Å². The fraction of sp³-hybridized carbons (Fsp3) is 0.667. The molecule has 1 saturated carbocycles. The van der Waals surface area contributed by atoms with Crippen molar-refractivity contribution in [1.29, 1.82) is 0 Å². The molecule has 0 aromatic heterocycles. The Morgan fingerprint density at radius 1 is 1.31 bits per heavy atom. The average molecular weight is 362 g/mol. The van der Waals surface area contributed by atoms with Gasteiger partial charge in [0.1, 0.15) is 28.4 Å². The van der Waals surface area contributed by atoms with Crippen LogP contribution in [0.4, 0.5) is 0 Å². The third kappa shape index (κ3) is 2.68. The molecule has 5 heteroatoms. The van der Waals surface area contributed by atoms with Gasteiger partial charge in [0, 0.05) is 23.5 Å². The van der Waals surface area contributed by atoms with Crippen LogP contribution in [0.25, 0.3) is 0 Å². The van der Waals surface area contributed by atoms with Gasteiger partial charge in [-0.15, -0.1) is 0 Å². The summed E-state index contributed by atoms with van der Waals surface area (Å²) in [6.45, 7) is 9.81. The summed E-state index contributed by atoms with van der Waals surface area (Å²) in [5.74, 6) is -0.390. The van der Waals surface area contributed by atoms with E-state index >= 15 is 0 Å². The van der Waals surface area contributed by atoms with Gasteiger partial charge in [-0.25, -0.2) is 0 Å². The molecular formula is C21H30O5. The minimum atomic E-state index is -0.555. The molecule has 26 heavy (non-hydrogen) atoms. The van der Waals surface area contributed by atoms with Crippen molar-refractivity contribution in [1.82, 2.24) is 0 Å². The molecule has 4 atom stereocenters. The fourth-order valence-corrected chi connectivity index (χ4v) is 4.68. The minimum Gasteiger partial charge on any atom is -0.507 e. The van der Waals surface area contributed by atoms with Crippen molar-refractivity contribution in [2.24, 2.45) is 17.3 Å². The Morgan fingerprint density at radius 2 is 1.96 bits per heavy atom. The van der Waals surface area contributed by atoms with Gasteiger partial charge >= 0.3 is 0 Å². The summed E-state index contributed by atoms with van der Waals surface area (Å²) in [4.78, 5) is 12.9. The molecule has 1 fully saturated rings. The van der Waals surface area contributed by atoms with Crippen molar-refractivity contribution in [3.63, 3.8) is 0 Å². The van der Waals surface area contributed by atoms with Crippen molar-refractivity contribution < 1.29 is 24.9 Å². The predicted octanol–water partition coefficient (Wildman–Crippen LogP) is 3.82. The first kappa shape index (κ1) is 19.0. The maximum absolute atomic E-state index is 12.9. The lowest BCUT2D eigenvalue weighted by Crippen LogP contribution is -2.58. The molecule has 0 radical (unpaired) electrons. The molecule has 3 N–H and O–H groups in total. The number of benzene rings is 1. The van der Waals surface area contributed by atoms with Crippen LogP contribution in [-0.2, 0) is 6.42 Å². The topological polar surface area (TPSA) is 87.0 Å². The highest BCUT2D eigenvalue weighted by atomic mass is 16.5. The lowest BCUT2D eigenvalue weighted by atomic mass is 9.57. The van der Waals surface area contributed by atoms with Gasteiger partial charge in [-0.1, -0.05) is 27.7 Å². The molecule has 5 nitrogen and oxygen atoms in total. The van der Waals surface area contributed by atoms with Crippen LogP contribution in [0.5, 0.6) is 17.2 Å². The number of Topliss-reactive ketones (excluding diaryl/α,β-unsaturated/α-hetero) is 1. The van der Waals surface area contributed by atoms with Crippen LogP contribution in [0.3, 0.4) is 0 Å². The number of rotatable bonds is 3. The molecule has 0 saturated heterocycles. The van der Waals surface area contributed by atoms with Crippen molar-refractivity contribution in [3.8, 4) is 17.2 Å². The molecule has 1 aliphatic heterocycles. The zero-order chi connectivity index (χ0) is 19.4. The zero-order valence-corrected chi connectivity index (χ0v) is 16.3. The monoisotopic (exact) mass is 362 g/mol. The predicted molar refractivity (Wildman–Crippen MR) is 98.8 cm³/mol. The SMILES string of the molecule is CC[C@@H](C)C(=O)c1c(O)cc(O)c2c1O[C@@]1(C)CC[C@H](O)C(C)(C)[C@@H]1C2.